The third-order valence-corrected chi connectivity index (χ3v) is 5.80. The third-order valence-electron chi connectivity index (χ3n) is 5.80. The highest BCUT2D eigenvalue weighted by atomic mass is 16.5. The molecule has 1 aromatic heterocycles. The Morgan fingerprint density at radius 3 is 2.61 bits per heavy atom. The molecule has 0 radical (unpaired) electrons. The van der Waals surface area contributed by atoms with Gasteiger partial charge in [-0.2, -0.15) is 0 Å². The summed E-state index contributed by atoms with van der Waals surface area (Å²) in [5.74, 6) is -1.20. The van der Waals surface area contributed by atoms with Gasteiger partial charge in [-0.1, -0.05) is 19.8 Å². The molecular weight excluding hydrogens is 368 g/mol. The second-order valence-corrected chi connectivity index (χ2v) is 7.47. The predicted molar refractivity (Wildman–Crippen MR) is 97.3 cm³/mol. The standard InChI is InChI=1S/C18H24N4O6/c1-11-6-4-5-7-18(11)15(25)22(16(26)19-18)9-14(24)28-10-12-8-13(23)21(3)17(27)20(12)2/h8,11H,4-7,9-10H2,1-3H3,(H,19,26). The number of carbonyl (C=O) groups is 3. The van der Waals surface area contributed by atoms with Crippen LogP contribution in [0.2, 0.25) is 0 Å². The number of ether oxygens (including phenoxy) is 1. The monoisotopic (exact) mass is 392 g/mol. The minimum Gasteiger partial charge on any atom is -0.458 e. The van der Waals surface area contributed by atoms with E-state index in [1.54, 1.807) is 0 Å². The van der Waals surface area contributed by atoms with Crippen molar-refractivity contribution in [1.82, 2.24) is 19.4 Å². The molecule has 1 aliphatic heterocycles. The first-order valence-corrected chi connectivity index (χ1v) is 9.23. The van der Waals surface area contributed by atoms with Gasteiger partial charge >= 0.3 is 17.7 Å². The first-order chi connectivity index (χ1) is 13.2. The summed E-state index contributed by atoms with van der Waals surface area (Å²) in [6, 6.07) is 0.595. The number of hydrogen-bond donors (Lipinski definition) is 1. The Kier molecular flexibility index (Phi) is 5.14. The Bertz CT molecular complexity index is 948. The van der Waals surface area contributed by atoms with Gasteiger partial charge in [0.2, 0.25) is 0 Å². The molecule has 28 heavy (non-hydrogen) atoms. The topological polar surface area (TPSA) is 120 Å². The van der Waals surface area contributed by atoms with Crippen molar-refractivity contribution in [2.45, 2.75) is 44.8 Å². The highest BCUT2D eigenvalue weighted by molar-refractivity contribution is 6.08. The number of carbonyl (C=O) groups excluding carboxylic acids is 3. The van der Waals surface area contributed by atoms with Crippen molar-refractivity contribution in [1.29, 1.82) is 0 Å². The summed E-state index contributed by atoms with van der Waals surface area (Å²) in [5, 5.41) is 2.77. The molecule has 1 aliphatic carbocycles. The number of nitrogens with zero attached hydrogens (tertiary/aromatic N) is 3. The number of nitrogens with one attached hydrogen (secondary N) is 1. The summed E-state index contributed by atoms with van der Waals surface area (Å²) in [4.78, 5) is 61.8. The SMILES string of the molecule is CC1CCCCC12NC(=O)N(CC(=O)OCc1cc(=O)n(C)c(=O)n1C)C2=O. The van der Waals surface area contributed by atoms with Crippen molar-refractivity contribution in [3.05, 3.63) is 32.6 Å². The molecule has 1 spiro atoms. The van der Waals surface area contributed by atoms with E-state index in [1.807, 2.05) is 6.92 Å². The second kappa shape index (κ2) is 7.25. The number of imide groups is 1. The van der Waals surface area contributed by atoms with Gasteiger partial charge in [-0.25, -0.2) is 9.59 Å². The van der Waals surface area contributed by atoms with Crippen LogP contribution in [-0.2, 0) is 35.0 Å². The molecule has 1 N–H and O–H groups in total. The fourth-order valence-electron chi connectivity index (χ4n) is 3.88. The van der Waals surface area contributed by atoms with Gasteiger partial charge in [-0.15, -0.1) is 0 Å². The number of aromatic nitrogens is 2. The van der Waals surface area contributed by atoms with Gasteiger partial charge < -0.3 is 10.1 Å². The molecule has 1 saturated heterocycles. The van der Waals surface area contributed by atoms with Crippen LogP contribution >= 0.6 is 0 Å². The van der Waals surface area contributed by atoms with E-state index in [4.69, 9.17) is 4.74 Å². The first-order valence-electron chi connectivity index (χ1n) is 9.23. The van der Waals surface area contributed by atoms with Crippen molar-refractivity contribution in [3.8, 4) is 0 Å². The zero-order valence-electron chi connectivity index (χ0n) is 16.2. The summed E-state index contributed by atoms with van der Waals surface area (Å²) in [6.45, 7) is 1.10. The molecule has 3 rings (SSSR count). The quantitative estimate of drug-likeness (QED) is 0.551. The minimum atomic E-state index is -0.939. The zero-order valence-corrected chi connectivity index (χ0v) is 16.2. The van der Waals surface area contributed by atoms with Crippen LogP contribution in [0, 0.1) is 5.92 Å². The van der Waals surface area contributed by atoms with E-state index in [-0.39, 0.29) is 18.2 Å². The van der Waals surface area contributed by atoms with Crippen molar-refractivity contribution >= 4 is 17.9 Å². The molecule has 1 aromatic rings. The van der Waals surface area contributed by atoms with Crippen LogP contribution in [0.5, 0.6) is 0 Å². The van der Waals surface area contributed by atoms with Crippen LogP contribution in [0.15, 0.2) is 15.7 Å². The maximum absolute atomic E-state index is 12.8. The maximum atomic E-state index is 12.8. The molecule has 2 atom stereocenters. The van der Waals surface area contributed by atoms with Crippen LogP contribution in [-0.4, -0.2) is 44.0 Å². The lowest BCUT2D eigenvalue weighted by molar-refractivity contribution is -0.149. The molecule has 3 amide bonds. The Morgan fingerprint density at radius 1 is 1.21 bits per heavy atom. The fourth-order valence-corrected chi connectivity index (χ4v) is 3.88. The van der Waals surface area contributed by atoms with E-state index in [9.17, 15) is 24.0 Å². The van der Waals surface area contributed by atoms with Gasteiger partial charge in [0.1, 0.15) is 18.7 Å². The van der Waals surface area contributed by atoms with Crippen LogP contribution in [0.3, 0.4) is 0 Å². The van der Waals surface area contributed by atoms with E-state index in [0.717, 1.165) is 28.7 Å². The molecule has 2 aliphatic rings. The molecule has 1 saturated carbocycles. The van der Waals surface area contributed by atoms with Crippen LogP contribution < -0.4 is 16.6 Å². The summed E-state index contributed by atoms with van der Waals surface area (Å²) in [5.41, 5.74) is -1.78. The minimum absolute atomic E-state index is 0.00576. The summed E-state index contributed by atoms with van der Waals surface area (Å²) >= 11 is 0. The van der Waals surface area contributed by atoms with Gasteiger partial charge in [0.25, 0.3) is 11.5 Å². The number of rotatable bonds is 4. The zero-order chi connectivity index (χ0) is 20.6. The smallest absolute Gasteiger partial charge is 0.330 e. The van der Waals surface area contributed by atoms with E-state index in [2.05, 4.69) is 5.32 Å². The molecule has 2 fully saturated rings. The lowest BCUT2D eigenvalue weighted by Gasteiger charge is -2.36. The molecule has 0 bridgehead atoms. The molecule has 10 nitrogen and oxygen atoms in total. The second-order valence-electron chi connectivity index (χ2n) is 7.47. The Labute approximate surface area is 161 Å². The Balaban J connectivity index is 1.67. The molecule has 10 heteroatoms. The van der Waals surface area contributed by atoms with Gasteiger partial charge in [0, 0.05) is 20.2 Å². The Hall–Kier alpha value is -2.91. The summed E-state index contributed by atoms with van der Waals surface area (Å²) < 4.78 is 7.23. The lowest BCUT2D eigenvalue weighted by atomic mass is 9.73. The lowest BCUT2D eigenvalue weighted by Crippen LogP contribution is -2.54. The Morgan fingerprint density at radius 2 is 1.93 bits per heavy atom. The van der Waals surface area contributed by atoms with Gasteiger partial charge in [-0.3, -0.25) is 28.4 Å². The normalized spacial score (nSPS) is 24.5. The van der Waals surface area contributed by atoms with Crippen molar-refractivity contribution in [3.63, 3.8) is 0 Å². The van der Waals surface area contributed by atoms with E-state index in [1.165, 1.54) is 24.7 Å². The van der Waals surface area contributed by atoms with Gasteiger partial charge in [0.05, 0.1) is 5.69 Å². The van der Waals surface area contributed by atoms with Crippen LogP contribution in [0.1, 0.15) is 38.3 Å². The van der Waals surface area contributed by atoms with E-state index < -0.39 is 41.2 Å². The number of urea groups is 1. The van der Waals surface area contributed by atoms with Crippen molar-refractivity contribution < 1.29 is 19.1 Å². The summed E-state index contributed by atoms with van der Waals surface area (Å²) in [6.07, 6.45) is 3.23. The third kappa shape index (κ3) is 3.23. The van der Waals surface area contributed by atoms with Crippen LogP contribution in [0.25, 0.3) is 0 Å². The first kappa shape index (κ1) is 19.8. The number of esters is 1. The molecule has 2 heterocycles. The average Bonchev–Trinajstić information content (AvgIpc) is 2.89. The molecule has 152 valence electrons. The fraction of sp³-hybridized carbons (Fsp3) is 0.611. The van der Waals surface area contributed by atoms with E-state index >= 15 is 0 Å². The highest BCUT2D eigenvalue weighted by Gasteiger charge is 2.55. The van der Waals surface area contributed by atoms with Gasteiger partial charge in [-0.05, 0) is 18.8 Å². The van der Waals surface area contributed by atoms with Gasteiger partial charge in [0.15, 0.2) is 0 Å². The number of hydrogen-bond acceptors (Lipinski definition) is 6. The molecule has 2 unspecified atom stereocenters. The van der Waals surface area contributed by atoms with Crippen LogP contribution in [0.4, 0.5) is 4.79 Å². The predicted octanol–water partition coefficient (Wildman–Crippen LogP) is -0.372. The van der Waals surface area contributed by atoms with Crippen molar-refractivity contribution in [2.75, 3.05) is 6.54 Å². The summed E-state index contributed by atoms with van der Waals surface area (Å²) in [7, 11) is 2.80. The maximum Gasteiger partial charge on any atom is 0.330 e. The van der Waals surface area contributed by atoms with E-state index in [0.29, 0.717) is 6.42 Å². The molecule has 0 aromatic carbocycles. The highest BCUT2D eigenvalue weighted by Crippen LogP contribution is 2.38. The number of amides is 3. The largest absolute Gasteiger partial charge is 0.458 e. The molecular formula is C18H24N4O6. The van der Waals surface area contributed by atoms with Crippen molar-refractivity contribution in [2.24, 2.45) is 20.0 Å². The average molecular weight is 392 g/mol.